The molecule has 3 aromatic carbocycles. The molecule has 1 aliphatic rings. The van der Waals surface area contributed by atoms with Crippen LogP contribution in [-0.4, -0.2) is 35.1 Å². The van der Waals surface area contributed by atoms with Gasteiger partial charge in [0.05, 0.1) is 15.1 Å². The number of halogens is 4. The van der Waals surface area contributed by atoms with E-state index in [1.54, 1.807) is 36.4 Å². The molecule has 1 aliphatic heterocycles. The molecule has 1 N–H and O–H groups in total. The summed E-state index contributed by atoms with van der Waals surface area (Å²) in [6, 6.07) is 13.8. The van der Waals surface area contributed by atoms with E-state index >= 15 is 0 Å². The number of thioether (sulfide) groups is 1. The van der Waals surface area contributed by atoms with Crippen molar-refractivity contribution in [2.24, 2.45) is 0 Å². The lowest BCUT2D eigenvalue weighted by Crippen LogP contribution is -2.36. The first kappa shape index (κ1) is 29.2. The Morgan fingerprint density at radius 2 is 1.85 bits per heavy atom. The van der Waals surface area contributed by atoms with Gasteiger partial charge < -0.3 is 14.8 Å². The van der Waals surface area contributed by atoms with Crippen molar-refractivity contribution < 1.29 is 28.2 Å². The van der Waals surface area contributed by atoms with Gasteiger partial charge in [-0.2, -0.15) is 0 Å². The molecule has 12 heteroatoms. The fraction of sp³-hybridized carbons (Fsp3) is 0.148. The first-order valence-corrected chi connectivity index (χ1v) is 14.1. The predicted molar refractivity (Wildman–Crippen MR) is 159 cm³/mol. The first-order valence-electron chi connectivity index (χ1n) is 11.5. The second-order valence-corrected chi connectivity index (χ2v) is 11.1. The van der Waals surface area contributed by atoms with Gasteiger partial charge in [0.15, 0.2) is 11.5 Å². The van der Waals surface area contributed by atoms with E-state index in [2.05, 4.69) is 27.9 Å². The number of ether oxygens (including phenoxy) is 2. The van der Waals surface area contributed by atoms with Crippen LogP contribution in [0.15, 0.2) is 59.5 Å². The Bertz CT molecular complexity index is 1470. The van der Waals surface area contributed by atoms with Crippen LogP contribution in [0.25, 0.3) is 6.08 Å². The quantitative estimate of drug-likeness (QED) is 0.185. The number of amides is 3. The van der Waals surface area contributed by atoms with Crippen LogP contribution in [0, 0.1) is 9.39 Å². The smallest absolute Gasteiger partial charge is 0.294 e. The van der Waals surface area contributed by atoms with E-state index in [0.29, 0.717) is 43.0 Å². The van der Waals surface area contributed by atoms with Gasteiger partial charge >= 0.3 is 0 Å². The van der Waals surface area contributed by atoms with Crippen molar-refractivity contribution in [2.45, 2.75) is 13.5 Å². The van der Waals surface area contributed by atoms with Crippen LogP contribution in [0.2, 0.25) is 10.0 Å². The molecule has 7 nitrogen and oxygen atoms in total. The van der Waals surface area contributed by atoms with Crippen LogP contribution >= 0.6 is 57.6 Å². The second-order valence-electron chi connectivity index (χ2n) is 8.11. The molecule has 3 aromatic rings. The summed E-state index contributed by atoms with van der Waals surface area (Å²) in [5, 5.41) is 2.98. The number of hydrogen-bond donors (Lipinski definition) is 1. The molecule has 0 aliphatic carbocycles. The lowest BCUT2D eigenvalue weighted by Gasteiger charge is -2.15. The number of carbonyl (C=O) groups excluding carboxylic acids is 3. The Kier molecular flexibility index (Phi) is 9.76. The fourth-order valence-electron chi connectivity index (χ4n) is 3.53. The molecule has 39 heavy (non-hydrogen) atoms. The van der Waals surface area contributed by atoms with E-state index in [-0.39, 0.29) is 11.5 Å². The van der Waals surface area contributed by atoms with E-state index in [1.807, 2.05) is 6.92 Å². The molecular weight excluding hydrogens is 681 g/mol. The van der Waals surface area contributed by atoms with Gasteiger partial charge in [-0.05, 0) is 101 Å². The molecule has 0 saturated carbocycles. The fourth-order valence-corrected chi connectivity index (χ4v) is 5.61. The third-order valence-electron chi connectivity index (χ3n) is 5.32. The van der Waals surface area contributed by atoms with E-state index < -0.39 is 29.4 Å². The first-order chi connectivity index (χ1) is 18.6. The lowest BCUT2D eigenvalue weighted by molar-refractivity contribution is -0.127. The van der Waals surface area contributed by atoms with Crippen LogP contribution in [0.5, 0.6) is 11.5 Å². The molecule has 1 saturated heterocycles. The predicted octanol–water partition coefficient (Wildman–Crippen LogP) is 7.39. The summed E-state index contributed by atoms with van der Waals surface area (Å²) in [6.07, 6.45) is 1.56. The summed E-state index contributed by atoms with van der Waals surface area (Å²) in [5.41, 5.74) is 1.71. The molecular formula is C27H20Cl2FIN2O5S. The van der Waals surface area contributed by atoms with Crippen LogP contribution < -0.4 is 14.8 Å². The van der Waals surface area contributed by atoms with Gasteiger partial charge in [-0.15, -0.1) is 0 Å². The molecule has 0 spiro atoms. The zero-order valence-electron chi connectivity index (χ0n) is 20.3. The average molecular weight is 701 g/mol. The van der Waals surface area contributed by atoms with Crippen LogP contribution in [0.1, 0.15) is 18.1 Å². The lowest BCUT2D eigenvalue weighted by atomic mass is 10.1. The molecule has 1 fully saturated rings. The Balaban J connectivity index is 1.49. The molecule has 0 radical (unpaired) electrons. The second kappa shape index (κ2) is 13.0. The highest BCUT2D eigenvalue weighted by atomic mass is 127. The third kappa shape index (κ3) is 7.44. The number of benzene rings is 3. The van der Waals surface area contributed by atoms with Gasteiger partial charge in [-0.1, -0.05) is 29.3 Å². The number of nitrogens with one attached hydrogen (secondary N) is 1. The summed E-state index contributed by atoms with van der Waals surface area (Å²) in [4.78, 5) is 38.9. The van der Waals surface area contributed by atoms with Crippen molar-refractivity contribution in [2.75, 3.05) is 18.5 Å². The highest BCUT2D eigenvalue weighted by Crippen LogP contribution is 2.38. The number of anilines is 1. The molecule has 0 bridgehead atoms. The number of carbonyl (C=O) groups is 3. The molecule has 4 rings (SSSR count). The molecule has 3 amide bonds. The normalized spacial score (nSPS) is 14.2. The largest absolute Gasteiger partial charge is 0.490 e. The molecule has 0 unspecified atom stereocenters. The number of hydrogen-bond acceptors (Lipinski definition) is 6. The Morgan fingerprint density at radius 1 is 1.10 bits per heavy atom. The summed E-state index contributed by atoms with van der Waals surface area (Å²) >= 11 is 15.1. The van der Waals surface area contributed by atoms with E-state index in [4.69, 9.17) is 32.7 Å². The van der Waals surface area contributed by atoms with Crippen molar-refractivity contribution in [3.8, 4) is 11.5 Å². The minimum absolute atomic E-state index is 0.162. The maximum Gasteiger partial charge on any atom is 0.294 e. The topological polar surface area (TPSA) is 84.9 Å². The monoisotopic (exact) mass is 700 g/mol. The van der Waals surface area contributed by atoms with Gasteiger partial charge in [0, 0.05) is 21.3 Å². The Hall–Kier alpha value is -2.80. The van der Waals surface area contributed by atoms with Crippen LogP contribution in [0.4, 0.5) is 14.9 Å². The maximum atomic E-state index is 13.1. The third-order valence-corrected chi connectivity index (χ3v) is 7.62. The highest BCUT2D eigenvalue weighted by molar-refractivity contribution is 14.1. The summed E-state index contributed by atoms with van der Waals surface area (Å²) in [7, 11) is 0. The van der Waals surface area contributed by atoms with Gasteiger partial charge in [0.1, 0.15) is 19.0 Å². The summed E-state index contributed by atoms with van der Waals surface area (Å²) in [5.74, 6) is -0.660. The van der Waals surface area contributed by atoms with Crippen molar-refractivity contribution >= 4 is 86.4 Å². The summed E-state index contributed by atoms with van der Waals surface area (Å²) in [6.45, 7) is 1.92. The average Bonchev–Trinajstić information content (AvgIpc) is 3.13. The molecule has 0 atom stereocenters. The van der Waals surface area contributed by atoms with E-state index in [9.17, 15) is 18.8 Å². The van der Waals surface area contributed by atoms with Gasteiger partial charge in [-0.25, -0.2) is 4.39 Å². The van der Waals surface area contributed by atoms with Crippen molar-refractivity contribution in [3.05, 3.63) is 90.1 Å². The van der Waals surface area contributed by atoms with Gasteiger partial charge in [0.25, 0.3) is 11.1 Å². The standard InChI is InChI=1S/C27H20Cl2FIN2O5S/c1-2-37-22-10-15(9-21(31)25(22)38-14-16-3-4-17(28)12-20(16)29)11-23-26(35)33(27(36)39-23)13-24(34)32-19-7-5-18(30)6-8-19/h3-12H,2,13-14H2,1H3,(H,32,34)/b23-11-. The van der Waals surface area contributed by atoms with Crippen molar-refractivity contribution in [1.82, 2.24) is 4.90 Å². The Morgan fingerprint density at radius 3 is 2.54 bits per heavy atom. The Labute approximate surface area is 251 Å². The zero-order valence-corrected chi connectivity index (χ0v) is 24.8. The maximum absolute atomic E-state index is 13.1. The van der Waals surface area contributed by atoms with E-state index in [1.165, 1.54) is 24.3 Å². The van der Waals surface area contributed by atoms with Crippen LogP contribution in [0.3, 0.4) is 0 Å². The number of imide groups is 1. The van der Waals surface area contributed by atoms with Gasteiger partial charge in [0.2, 0.25) is 5.91 Å². The minimum Gasteiger partial charge on any atom is -0.490 e. The van der Waals surface area contributed by atoms with Crippen LogP contribution in [-0.2, 0) is 16.2 Å². The van der Waals surface area contributed by atoms with E-state index in [0.717, 1.165) is 22.2 Å². The zero-order chi connectivity index (χ0) is 28.1. The molecule has 1 heterocycles. The van der Waals surface area contributed by atoms with Crippen molar-refractivity contribution in [1.29, 1.82) is 0 Å². The highest BCUT2D eigenvalue weighted by Gasteiger charge is 2.36. The number of rotatable bonds is 9. The van der Waals surface area contributed by atoms with Gasteiger partial charge in [-0.3, -0.25) is 19.3 Å². The summed E-state index contributed by atoms with van der Waals surface area (Å²) < 4.78 is 25.6. The molecule has 0 aromatic heterocycles. The number of nitrogens with zero attached hydrogens (tertiary/aromatic N) is 1. The minimum atomic E-state index is -0.593. The molecule has 202 valence electrons. The van der Waals surface area contributed by atoms with Crippen molar-refractivity contribution in [3.63, 3.8) is 0 Å². The SMILES string of the molecule is CCOc1cc(/C=C2\SC(=O)N(CC(=O)Nc3ccc(F)cc3)C2=O)cc(I)c1OCc1ccc(Cl)cc1Cl.